The van der Waals surface area contributed by atoms with Crippen LogP contribution >= 0.6 is 0 Å². The van der Waals surface area contributed by atoms with Crippen LogP contribution in [0.5, 0.6) is 0 Å². The second-order valence-electron chi connectivity index (χ2n) is 9.77. The summed E-state index contributed by atoms with van der Waals surface area (Å²) in [6, 6.07) is 35.6. The molecule has 0 bridgehead atoms. The lowest BCUT2D eigenvalue weighted by atomic mass is 9.93. The normalized spacial score (nSPS) is 11.1. The number of nitrogens with zero attached hydrogens (tertiary/aromatic N) is 1. The summed E-state index contributed by atoms with van der Waals surface area (Å²) in [5.74, 6) is -0.460. The van der Waals surface area contributed by atoms with Gasteiger partial charge in [-0.05, 0) is 74.5 Å². The minimum atomic E-state index is -0.450. The van der Waals surface area contributed by atoms with E-state index in [0.29, 0.717) is 6.42 Å². The number of carbonyl (C=O) groups excluding carboxylic acids is 2. The van der Waals surface area contributed by atoms with Gasteiger partial charge in [0.05, 0.1) is 5.69 Å². The fourth-order valence-electron chi connectivity index (χ4n) is 5.33. The molecule has 40 heavy (non-hydrogen) atoms. The zero-order chi connectivity index (χ0) is 27.6. The maximum atomic E-state index is 11.9. The Hall–Kier alpha value is -5.22. The molecule has 0 spiro atoms. The molecular formula is C36H27NO3. The summed E-state index contributed by atoms with van der Waals surface area (Å²) in [6.45, 7) is 7.22. The molecule has 4 heteroatoms. The number of hydrogen-bond acceptors (Lipinski definition) is 4. The molecular weight excluding hydrogens is 494 g/mol. The third-order valence-electron chi connectivity index (χ3n) is 7.29. The number of ether oxygens (including phenoxy) is 1. The molecule has 0 radical (unpaired) electrons. The van der Waals surface area contributed by atoms with E-state index in [0.717, 1.165) is 39.7 Å². The molecule has 0 unspecified atom stereocenters. The van der Waals surface area contributed by atoms with Gasteiger partial charge >= 0.3 is 5.97 Å². The smallest absolute Gasteiger partial charge is 0.330 e. The topological polar surface area (TPSA) is 46.6 Å². The maximum absolute atomic E-state index is 11.9. The Morgan fingerprint density at radius 3 is 1.85 bits per heavy atom. The highest BCUT2D eigenvalue weighted by atomic mass is 16.5. The summed E-state index contributed by atoms with van der Waals surface area (Å²) < 4.78 is 5.22. The van der Waals surface area contributed by atoms with Crippen molar-refractivity contribution in [3.8, 4) is 0 Å². The Balaban J connectivity index is 1.50. The van der Waals surface area contributed by atoms with Gasteiger partial charge in [-0.2, -0.15) is 0 Å². The number of rotatable bonds is 9. The lowest BCUT2D eigenvalue weighted by molar-refractivity contribution is -0.139. The van der Waals surface area contributed by atoms with Gasteiger partial charge in [-0.3, -0.25) is 4.79 Å². The van der Waals surface area contributed by atoms with Crippen molar-refractivity contribution in [1.29, 1.82) is 0 Å². The van der Waals surface area contributed by atoms with Crippen LogP contribution in [-0.4, -0.2) is 11.8 Å². The van der Waals surface area contributed by atoms with Gasteiger partial charge in [0.2, 0.25) is 0 Å². The Morgan fingerprint density at radius 1 is 0.650 bits per heavy atom. The number of ketones is 1. The van der Waals surface area contributed by atoms with Gasteiger partial charge in [-0.1, -0.05) is 86.0 Å². The predicted molar refractivity (Wildman–Crippen MR) is 164 cm³/mol. The second kappa shape index (κ2) is 10.5. The Labute approximate surface area is 232 Å². The van der Waals surface area contributed by atoms with Crippen LogP contribution in [0.3, 0.4) is 0 Å². The van der Waals surface area contributed by atoms with Crippen LogP contribution in [0.25, 0.3) is 32.3 Å². The molecule has 6 aromatic carbocycles. The molecule has 0 aromatic heterocycles. The summed E-state index contributed by atoms with van der Waals surface area (Å²) in [5.41, 5.74) is 4.79. The molecule has 0 saturated heterocycles. The SMILES string of the molecule is C=CC(=O)Cc1ccc(N(c2ccc(COC(=O)C=C)cc2)c2ccc3ccc4cccc5ccc2c3c45)cc1. The fraction of sp³-hybridized carbons (Fsp3) is 0.0556. The number of allylic oxidation sites excluding steroid dienone is 1. The summed E-state index contributed by atoms with van der Waals surface area (Å²) in [4.78, 5) is 25.7. The van der Waals surface area contributed by atoms with E-state index in [9.17, 15) is 9.59 Å². The molecule has 4 nitrogen and oxygen atoms in total. The summed E-state index contributed by atoms with van der Waals surface area (Å²) >= 11 is 0. The molecule has 0 heterocycles. The van der Waals surface area contributed by atoms with Crippen LogP contribution in [0.1, 0.15) is 11.1 Å². The number of anilines is 3. The zero-order valence-electron chi connectivity index (χ0n) is 22.0. The zero-order valence-corrected chi connectivity index (χ0v) is 22.0. The van der Waals surface area contributed by atoms with Gasteiger partial charge in [0.25, 0.3) is 0 Å². The average molecular weight is 522 g/mol. The largest absolute Gasteiger partial charge is 0.458 e. The van der Waals surface area contributed by atoms with Crippen LogP contribution in [0.4, 0.5) is 17.1 Å². The molecule has 194 valence electrons. The van der Waals surface area contributed by atoms with Crippen molar-refractivity contribution in [3.05, 3.63) is 140 Å². The summed E-state index contributed by atoms with van der Waals surface area (Å²) in [7, 11) is 0. The van der Waals surface area contributed by atoms with Gasteiger partial charge in [0, 0.05) is 29.3 Å². The third-order valence-corrected chi connectivity index (χ3v) is 7.29. The van der Waals surface area contributed by atoms with E-state index < -0.39 is 5.97 Å². The fourth-order valence-corrected chi connectivity index (χ4v) is 5.33. The number of benzene rings is 6. The molecule has 0 atom stereocenters. The van der Waals surface area contributed by atoms with Crippen molar-refractivity contribution in [2.45, 2.75) is 13.0 Å². The predicted octanol–water partition coefficient (Wildman–Crippen LogP) is 8.58. The Kier molecular flexibility index (Phi) is 6.59. The molecule has 6 rings (SSSR count). The lowest BCUT2D eigenvalue weighted by Crippen LogP contribution is -2.11. The second-order valence-corrected chi connectivity index (χ2v) is 9.77. The highest BCUT2D eigenvalue weighted by Crippen LogP contribution is 2.43. The molecule has 0 saturated carbocycles. The minimum Gasteiger partial charge on any atom is -0.458 e. The van der Waals surface area contributed by atoms with E-state index in [1.165, 1.54) is 33.0 Å². The first-order valence-electron chi connectivity index (χ1n) is 13.1. The standard InChI is InChI=1S/C36H27NO3/c1-3-31(38)22-24-8-16-29(17-9-24)37(30-18-10-25(11-19-30)23-40-34(39)4-2)33-21-15-28-13-12-26-6-5-7-27-14-20-32(33)36(28)35(26)27/h3-21H,1-2,22-23H2. The van der Waals surface area contributed by atoms with Crippen molar-refractivity contribution in [3.63, 3.8) is 0 Å². The van der Waals surface area contributed by atoms with E-state index in [1.807, 2.05) is 48.5 Å². The number of esters is 1. The molecule has 0 amide bonds. The van der Waals surface area contributed by atoms with Crippen LogP contribution in [0.2, 0.25) is 0 Å². The van der Waals surface area contributed by atoms with Gasteiger partial charge in [-0.25, -0.2) is 4.79 Å². The Bertz CT molecular complexity index is 1870. The molecule has 0 fully saturated rings. The van der Waals surface area contributed by atoms with Gasteiger partial charge in [0.15, 0.2) is 5.78 Å². The maximum Gasteiger partial charge on any atom is 0.330 e. The van der Waals surface area contributed by atoms with E-state index in [1.54, 1.807) is 0 Å². The summed E-state index contributed by atoms with van der Waals surface area (Å²) in [6.07, 6.45) is 2.84. The van der Waals surface area contributed by atoms with E-state index in [2.05, 4.69) is 72.7 Å². The van der Waals surface area contributed by atoms with Gasteiger partial charge in [0.1, 0.15) is 6.61 Å². The van der Waals surface area contributed by atoms with Crippen LogP contribution < -0.4 is 4.90 Å². The van der Waals surface area contributed by atoms with Crippen molar-refractivity contribution in [2.24, 2.45) is 0 Å². The molecule has 0 aliphatic rings. The summed E-state index contributed by atoms with van der Waals surface area (Å²) in [5, 5.41) is 7.27. The number of carbonyl (C=O) groups is 2. The van der Waals surface area contributed by atoms with Crippen molar-refractivity contribution >= 4 is 61.1 Å². The van der Waals surface area contributed by atoms with Crippen molar-refractivity contribution in [1.82, 2.24) is 0 Å². The molecule has 0 aliphatic carbocycles. The van der Waals surface area contributed by atoms with E-state index in [4.69, 9.17) is 4.74 Å². The highest BCUT2D eigenvalue weighted by molar-refractivity contribution is 6.25. The first kappa shape index (κ1) is 25.1. The average Bonchev–Trinajstić information content (AvgIpc) is 3.00. The third kappa shape index (κ3) is 4.61. The highest BCUT2D eigenvalue weighted by Gasteiger charge is 2.18. The van der Waals surface area contributed by atoms with Crippen LogP contribution in [0, 0.1) is 0 Å². The minimum absolute atomic E-state index is 0.0101. The van der Waals surface area contributed by atoms with Crippen molar-refractivity contribution in [2.75, 3.05) is 4.90 Å². The Morgan fingerprint density at radius 2 is 1.23 bits per heavy atom. The van der Waals surface area contributed by atoms with Crippen LogP contribution in [-0.2, 0) is 27.4 Å². The molecule has 6 aromatic rings. The van der Waals surface area contributed by atoms with Gasteiger partial charge < -0.3 is 9.64 Å². The van der Waals surface area contributed by atoms with Gasteiger partial charge in [-0.15, -0.1) is 0 Å². The van der Waals surface area contributed by atoms with E-state index >= 15 is 0 Å². The van der Waals surface area contributed by atoms with E-state index in [-0.39, 0.29) is 12.4 Å². The van der Waals surface area contributed by atoms with Crippen LogP contribution in [0.15, 0.2) is 128 Å². The lowest BCUT2D eigenvalue weighted by Gasteiger charge is -2.28. The molecule has 0 N–H and O–H groups in total. The monoisotopic (exact) mass is 521 g/mol. The van der Waals surface area contributed by atoms with Crippen molar-refractivity contribution < 1.29 is 14.3 Å². The molecule has 0 aliphatic heterocycles. The first-order chi connectivity index (χ1) is 19.6. The first-order valence-corrected chi connectivity index (χ1v) is 13.1. The quantitative estimate of drug-likeness (QED) is 0.109. The number of hydrogen-bond donors (Lipinski definition) is 0.